The Labute approximate surface area is 135 Å². The summed E-state index contributed by atoms with van der Waals surface area (Å²) in [7, 11) is 0. The molecule has 1 aliphatic rings. The zero-order chi connectivity index (χ0) is 18.1. The predicted octanol–water partition coefficient (Wildman–Crippen LogP) is 0.951. The fourth-order valence-corrected chi connectivity index (χ4v) is 2.81. The molecule has 0 spiro atoms. The van der Waals surface area contributed by atoms with Crippen LogP contribution in [0.3, 0.4) is 0 Å². The lowest BCUT2D eigenvalue weighted by molar-refractivity contribution is -0.171. The largest absolute Gasteiger partial charge is 0.481 e. The highest BCUT2D eigenvalue weighted by molar-refractivity contribution is 6.16. The van der Waals surface area contributed by atoms with Gasteiger partial charge in [0.05, 0.1) is 5.57 Å². The third-order valence-electron chi connectivity index (χ3n) is 3.86. The van der Waals surface area contributed by atoms with Gasteiger partial charge in [-0.2, -0.15) is 0 Å². The first-order chi connectivity index (χ1) is 11.2. The van der Waals surface area contributed by atoms with Crippen LogP contribution in [0.25, 0.3) is 5.57 Å². The van der Waals surface area contributed by atoms with Gasteiger partial charge in [0.15, 0.2) is 0 Å². The predicted molar refractivity (Wildman–Crippen MR) is 79.0 cm³/mol. The Morgan fingerprint density at radius 1 is 0.833 bits per heavy atom. The molecule has 0 bridgehead atoms. The summed E-state index contributed by atoms with van der Waals surface area (Å²) in [6.45, 7) is 0. The molecular formula is C16H12O8. The minimum absolute atomic E-state index is 0.0992. The highest BCUT2D eigenvalue weighted by atomic mass is 16.4. The molecule has 4 N–H and O–H groups in total. The van der Waals surface area contributed by atoms with Gasteiger partial charge >= 0.3 is 23.9 Å². The van der Waals surface area contributed by atoms with Gasteiger partial charge in [-0.25, -0.2) is 4.79 Å². The van der Waals surface area contributed by atoms with Gasteiger partial charge in [0.1, 0.15) is 5.92 Å². The maximum Gasteiger partial charge on any atom is 0.333 e. The third kappa shape index (κ3) is 2.34. The number of hydrogen-bond donors (Lipinski definition) is 4. The van der Waals surface area contributed by atoms with E-state index in [0.29, 0.717) is 0 Å². The maximum atomic E-state index is 11.7. The molecule has 0 heterocycles. The molecule has 0 saturated carbocycles. The van der Waals surface area contributed by atoms with Crippen LogP contribution in [0.1, 0.15) is 5.56 Å². The van der Waals surface area contributed by atoms with E-state index in [9.17, 15) is 39.6 Å². The van der Waals surface area contributed by atoms with Gasteiger partial charge in [-0.1, -0.05) is 36.4 Å². The molecule has 0 saturated heterocycles. The molecule has 8 heteroatoms. The average molecular weight is 332 g/mol. The second-order valence-electron chi connectivity index (χ2n) is 5.06. The normalized spacial score (nSPS) is 18.9. The van der Waals surface area contributed by atoms with E-state index in [0.717, 1.165) is 12.2 Å². The molecule has 124 valence electrons. The standard InChI is InChI=1S/C16H12O8/c17-12(18)10-7-6-9(8-4-2-1-3-5-8)11(13(19)20)16(10,14(21)22)15(23)24/h1-7,11H,(H,17,18)(H,19,20)(H,21,22)(H,23,24). The number of hydrogen-bond acceptors (Lipinski definition) is 4. The fourth-order valence-electron chi connectivity index (χ4n) is 2.81. The first kappa shape index (κ1) is 16.9. The number of carboxylic acid groups (broad SMARTS) is 4. The van der Waals surface area contributed by atoms with Crippen LogP contribution in [0, 0.1) is 11.3 Å². The van der Waals surface area contributed by atoms with Crippen molar-refractivity contribution < 1.29 is 39.6 Å². The Morgan fingerprint density at radius 2 is 1.38 bits per heavy atom. The van der Waals surface area contributed by atoms with E-state index in [1.54, 1.807) is 18.2 Å². The van der Waals surface area contributed by atoms with Gasteiger partial charge in [0.25, 0.3) is 0 Å². The number of benzene rings is 1. The van der Waals surface area contributed by atoms with Crippen molar-refractivity contribution in [2.75, 3.05) is 0 Å². The van der Waals surface area contributed by atoms with Crippen LogP contribution < -0.4 is 0 Å². The molecule has 0 fully saturated rings. The molecule has 1 aromatic carbocycles. The lowest BCUT2D eigenvalue weighted by Crippen LogP contribution is -2.53. The van der Waals surface area contributed by atoms with Crippen molar-refractivity contribution in [1.82, 2.24) is 0 Å². The number of rotatable bonds is 5. The zero-order valence-electron chi connectivity index (χ0n) is 12.0. The summed E-state index contributed by atoms with van der Waals surface area (Å²) in [6, 6.07) is 7.73. The zero-order valence-corrected chi connectivity index (χ0v) is 12.0. The fraction of sp³-hybridized carbons (Fsp3) is 0.125. The van der Waals surface area contributed by atoms with E-state index < -0.39 is 40.8 Å². The van der Waals surface area contributed by atoms with Crippen LogP contribution in [-0.2, 0) is 19.2 Å². The summed E-state index contributed by atoms with van der Waals surface area (Å²) < 4.78 is 0. The van der Waals surface area contributed by atoms with Crippen molar-refractivity contribution in [3.8, 4) is 0 Å². The van der Waals surface area contributed by atoms with Crippen LogP contribution in [0.15, 0.2) is 48.1 Å². The Morgan fingerprint density at radius 3 is 1.79 bits per heavy atom. The van der Waals surface area contributed by atoms with Crippen LogP contribution in [0.4, 0.5) is 0 Å². The van der Waals surface area contributed by atoms with E-state index in [1.807, 2.05) is 0 Å². The Hall–Kier alpha value is -3.42. The Balaban J connectivity index is 2.86. The minimum atomic E-state index is -3.14. The maximum absolute atomic E-state index is 11.7. The number of carboxylic acids is 4. The average Bonchev–Trinajstić information content (AvgIpc) is 2.53. The summed E-state index contributed by atoms with van der Waals surface area (Å²) >= 11 is 0. The molecule has 0 radical (unpaired) electrons. The van der Waals surface area contributed by atoms with E-state index in [4.69, 9.17) is 0 Å². The van der Waals surface area contributed by atoms with Crippen LogP contribution in [0.5, 0.6) is 0 Å². The Kier molecular flexibility index (Phi) is 4.23. The summed E-state index contributed by atoms with van der Waals surface area (Å²) in [4.78, 5) is 46.6. The topological polar surface area (TPSA) is 149 Å². The molecule has 0 aromatic heterocycles. The first-order valence-corrected chi connectivity index (χ1v) is 6.65. The van der Waals surface area contributed by atoms with Crippen LogP contribution in [-0.4, -0.2) is 44.3 Å². The monoisotopic (exact) mass is 332 g/mol. The van der Waals surface area contributed by atoms with Crippen molar-refractivity contribution in [2.45, 2.75) is 0 Å². The van der Waals surface area contributed by atoms with Crippen LogP contribution >= 0.6 is 0 Å². The van der Waals surface area contributed by atoms with Crippen LogP contribution in [0.2, 0.25) is 0 Å². The van der Waals surface area contributed by atoms with Crippen molar-refractivity contribution >= 4 is 29.5 Å². The highest BCUT2D eigenvalue weighted by Crippen LogP contribution is 2.47. The quantitative estimate of drug-likeness (QED) is 0.582. The molecule has 1 aromatic rings. The molecule has 0 aliphatic heterocycles. The van der Waals surface area contributed by atoms with E-state index in [1.165, 1.54) is 12.1 Å². The van der Waals surface area contributed by atoms with Crippen molar-refractivity contribution in [3.63, 3.8) is 0 Å². The van der Waals surface area contributed by atoms with E-state index >= 15 is 0 Å². The van der Waals surface area contributed by atoms with Gasteiger partial charge in [0.2, 0.25) is 5.41 Å². The van der Waals surface area contributed by atoms with E-state index in [2.05, 4.69) is 0 Å². The van der Waals surface area contributed by atoms with Crippen molar-refractivity contribution in [2.24, 2.45) is 11.3 Å². The van der Waals surface area contributed by atoms with Gasteiger partial charge in [-0.15, -0.1) is 0 Å². The molecule has 0 amide bonds. The molecule has 2 rings (SSSR count). The summed E-state index contributed by atoms with van der Waals surface area (Å²) in [6.07, 6.45) is 1.95. The summed E-state index contributed by atoms with van der Waals surface area (Å²) in [5, 5.41) is 37.7. The smallest absolute Gasteiger partial charge is 0.333 e. The number of carbonyl (C=O) groups is 4. The summed E-state index contributed by atoms with van der Waals surface area (Å²) in [5.74, 6) is -9.78. The van der Waals surface area contributed by atoms with Crippen molar-refractivity contribution in [1.29, 1.82) is 0 Å². The van der Waals surface area contributed by atoms with Gasteiger partial charge in [-0.05, 0) is 17.2 Å². The highest BCUT2D eigenvalue weighted by Gasteiger charge is 2.63. The molecular weight excluding hydrogens is 320 g/mol. The second kappa shape index (κ2) is 5.99. The summed E-state index contributed by atoms with van der Waals surface area (Å²) in [5.41, 5.74) is -3.97. The Bertz CT molecular complexity index is 774. The van der Waals surface area contributed by atoms with Gasteiger partial charge in [-0.3, -0.25) is 14.4 Å². The van der Waals surface area contributed by atoms with Crippen molar-refractivity contribution in [3.05, 3.63) is 53.6 Å². The molecule has 1 aliphatic carbocycles. The number of aliphatic carboxylic acids is 4. The molecule has 24 heavy (non-hydrogen) atoms. The lowest BCUT2D eigenvalue weighted by Gasteiger charge is -2.35. The molecule has 1 unspecified atom stereocenters. The first-order valence-electron chi connectivity index (χ1n) is 6.65. The molecule has 1 atom stereocenters. The third-order valence-corrected chi connectivity index (χ3v) is 3.86. The minimum Gasteiger partial charge on any atom is -0.481 e. The van der Waals surface area contributed by atoms with E-state index in [-0.39, 0.29) is 11.1 Å². The number of allylic oxidation sites excluding steroid dienone is 2. The molecule has 8 nitrogen and oxygen atoms in total. The SMILES string of the molecule is O=C(O)C1=CC=C(c2ccccc2)C(C(=O)O)C1(C(=O)O)C(=O)O. The second-order valence-corrected chi connectivity index (χ2v) is 5.06. The van der Waals surface area contributed by atoms with Gasteiger partial charge in [0, 0.05) is 0 Å². The lowest BCUT2D eigenvalue weighted by atomic mass is 9.63. The van der Waals surface area contributed by atoms with Gasteiger partial charge < -0.3 is 20.4 Å².